The zero-order valence-corrected chi connectivity index (χ0v) is 22.8. The van der Waals surface area contributed by atoms with Gasteiger partial charge < -0.3 is 14.2 Å². The van der Waals surface area contributed by atoms with Crippen molar-refractivity contribution >= 4 is 46.0 Å². The highest BCUT2D eigenvalue weighted by Crippen LogP contribution is 2.23. The fourth-order valence-corrected chi connectivity index (χ4v) is 4.45. The molecular formula is C30H27Cl2FN2O4. The van der Waals surface area contributed by atoms with Gasteiger partial charge in [-0.25, -0.2) is 4.39 Å². The van der Waals surface area contributed by atoms with Crippen LogP contribution >= 0.6 is 23.2 Å². The van der Waals surface area contributed by atoms with Crippen LogP contribution in [0.1, 0.15) is 41.3 Å². The van der Waals surface area contributed by atoms with Gasteiger partial charge in [-0.1, -0.05) is 60.8 Å². The average molecular weight is 569 g/mol. The quantitative estimate of drug-likeness (QED) is 0.213. The Bertz CT molecular complexity index is 1540. The Morgan fingerprint density at radius 2 is 1.67 bits per heavy atom. The summed E-state index contributed by atoms with van der Waals surface area (Å²) in [6.45, 7) is 2.17. The molecule has 0 aliphatic rings. The van der Waals surface area contributed by atoms with E-state index in [0.717, 1.165) is 6.42 Å². The lowest BCUT2D eigenvalue weighted by Gasteiger charge is -2.28. The summed E-state index contributed by atoms with van der Waals surface area (Å²) in [5.74, 6) is -1.14. The zero-order valence-electron chi connectivity index (χ0n) is 21.3. The van der Waals surface area contributed by atoms with Crippen molar-refractivity contribution < 1.29 is 18.4 Å². The maximum Gasteiger partial charge on any atom is 0.254 e. The van der Waals surface area contributed by atoms with Gasteiger partial charge in [-0.2, -0.15) is 0 Å². The van der Waals surface area contributed by atoms with Crippen LogP contribution in [-0.4, -0.2) is 34.7 Å². The largest absolute Gasteiger partial charge is 0.464 e. The lowest BCUT2D eigenvalue weighted by molar-refractivity contribution is -0.133. The molecule has 0 spiro atoms. The Balaban J connectivity index is 1.63. The number of unbranched alkanes of at least 4 members (excludes halogenated alkanes) is 1. The average Bonchev–Trinajstić information content (AvgIpc) is 2.94. The van der Waals surface area contributed by atoms with E-state index < -0.39 is 5.82 Å². The minimum absolute atomic E-state index is 0.0496. The number of fused-ring (bicyclic) bond motifs is 1. The van der Waals surface area contributed by atoms with Crippen LogP contribution < -0.4 is 5.43 Å². The number of hydrogen-bond donors (Lipinski definition) is 0. The highest BCUT2D eigenvalue weighted by Gasteiger charge is 2.24. The summed E-state index contributed by atoms with van der Waals surface area (Å²) in [4.78, 5) is 43.2. The maximum absolute atomic E-state index is 13.7. The number of carbonyl (C=O) groups excluding carboxylic acids is 2. The number of carbonyl (C=O) groups is 2. The molecule has 202 valence electrons. The van der Waals surface area contributed by atoms with Gasteiger partial charge in [0.2, 0.25) is 5.91 Å². The monoisotopic (exact) mass is 568 g/mol. The first kappa shape index (κ1) is 28.3. The zero-order chi connectivity index (χ0) is 27.9. The number of benzene rings is 3. The Hall–Kier alpha value is -3.68. The van der Waals surface area contributed by atoms with Crippen LogP contribution in [0.2, 0.25) is 10.0 Å². The molecule has 0 unspecified atom stereocenters. The summed E-state index contributed by atoms with van der Waals surface area (Å²) in [5, 5.41) is 0.970. The van der Waals surface area contributed by atoms with Crippen molar-refractivity contribution in [1.29, 1.82) is 0 Å². The molecule has 3 aromatic carbocycles. The normalized spacial score (nSPS) is 11.0. The molecule has 0 fully saturated rings. The number of rotatable bonds is 10. The third-order valence-corrected chi connectivity index (χ3v) is 7.05. The fraction of sp³-hybridized carbons (Fsp3) is 0.233. The second kappa shape index (κ2) is 12.9. The first-order chi connectivity index (χ1) is 18.8. The van der Waals surface area contributed by atoms with Crippen molar-refractivity contribution in [1.82, 2.24) is 9.80 Å². The van der Waals surface area contributed by atoms with E-state index in [-0.39, 0.29) is 41.9 Å². The molecule has 2 amide bonds. The molecule has 0 saturated heterocycles. The number of halogens is 3. The van der Waals surface area contributed by atoms with Crippen molar-refractivity contribution in [3.8, 4) is 0 Å². The molecule has 0 aliphatic heterocycles. The lowest BCUT2D eigenvalue weighted by Crippen LogP contribution is -2.43. The number of para-hydroxylation sites is 1. The molecule has 9 heteroatoms. The van der Waals surface area contributed by atoms with E-state index >= 15 is 0 Å². The Labute approximate surface area is 235 Å². The number of nitrogens with zero attached hydrogens (tertiary/aromatic N) is 2. The van der Waals surface area contributed by atoms with Gasteiger partial charge in [0.15, 0.2) is 5.43 Å². The summed E-state index contributed by atoms with van der Waals surface area (Å²) in [5.41, 5.74) is 1.48. The second-order valence-corrected chi connectivity index (χ2v) is 9.99. The molecule has 0 bridgehead atoms. The summed E-state index contributed by atoms with van der Waals surface area (Å²) < 4.78 is 19.2. The molecule has 0 aliphatic carbocycles. The van der Waals surface area contributed by atoms with Crippen LogP contribution in [0, 0.1) is 5.82 Å². The van der Waals surface area contributed by atoms with E-state index in [2.05, 4.69) is 0 Å². The summed E-state index contributed by atoms with van der Waals surface area (Å²) in [6, 6.07) is 17.2. The predicted molar refractivity (Wildman–Crippen MR) is 150 cm³/mol. The van der Waals surface area contributed by atoms with Gasteiger partial charge >= 0.3 is 0 Å². The molecular weight excluding hydrogens is 542 g/mol. The smallest absolute Gasteiger partial charge is 0.254 e. The molecule has 1 aromatic heterocycles. The minimum atomic E-state index is -0.398. The van der Waals surface area contributed by atoms with Gasteiger partial charge in [0.25, 0.3) is 5.91 Å². The van der Waals surface area contributed by atoms with E-state index in [1.807, 2.05) is 6.92 Å². The number of hydrogen-bond acceptors (Lipinski definition) is 4. The minimum Gasteiger partial charge on any atom is -0.464 e. The molecule has 0 saturated carbocycles. The topological polar surface area (TPSA) is 70.8 Å². The van der Waals surface area contributed by atoms with Crippen molar-refractivity contribution in [2.24, 2.45) is 0 Å². The highest BCUT2D eigenvalue weighted by atomic mass is 35.5. The van der Waals surface area contributed by atoms with Gasteiger partial charge in [0.05, 0.1) is 33.8 Å². The summed E-state index contributed by atoms with van der Waals surface area (Å²) >= 11 is 12.1. The predicted octanol–water partition coefficient (Wildman–Crippen LogP) is 6.71. The molecule has 6 nitrogen and oxygen atoms in total. The van der Waals surface area contributed by atoms with Crippen molar-refractivity contribution in [2.45, 2.75) is 32.9 Å². The molecule has 39 heavy (non-hydrogen) atoms. The van der Waals surface area contributed by atoms with Crippen LogP contribution in [0.4, 0.5) is 4.39 Å². The first-order valence-corrected chi connectivity index (χ1v) is 13.3. The molecule has 1 heterocycles. The Morgan fingerprint density at radius 3 is 2.38 bits per heavy atom. The Morgan fingerprint density at radius 1 is 0.923 bits per heavy atom. The van der Waals surface area contributed by atoms with Gasteiger partial charge in [-0.05, 0) is 54.4 Å². The summed E-state index contributed by atoms with van der Waals surface area (Å²) in [7, 11) is 0. The first-order valence-electron chi connectivity index (χ1n) is 12.5. The standard InChI is InChI=1S/C30H27Cl2FN2O4/c1-2-3-14-34(30(38)21-10-13-25(31)26(32)15-21)18-28(36)35(16-20-8-11-23(33)12-9-20)17-22-19-39-27-7-5-4-6-24(27)29(22)37/h4-13,15,19H,2-3,14,16-18H2,1H3. The van der Waals surface area contributed by atoms with E-state index in [0.29, 0.717) is 45.6 Å². The maximum atomic E-state index is 13.7. The molecule has 0 atom stereocenters. The second-order valence-electron chi connectivity index (χ2n) is 9.17. The van der Waals surface area contributed by atoms with Crippen molar-refractivity contribution in [2.75, 3.05) is 13.1 Å². The van der Waals surface area contributed by atoms with Crippen LogP contribution in [0.15, 0.2) is 82.2 Å². The van der Waals surface area contributed by atoms with Gasteiger partial charge in [0.1, 0.15) is 17.9 Å². The van der Waals surface area contributed by atoms with Gasteiger partial charge in [-0.3, -0.25) is 14.4 Å². The van der Waals surface area contributed by atoms with E-state index in [9.17, 15) is 18.8 Å². The molecule has 0 N–H and O–H groups in total. The van der Waals surface area contributed by atoms with Crippen LogP contribution in [0.25, 0.3) is 11.0 Å². The van der Waals surface area contributed by atoms with Crippen molar-refractivity contribution in [3.63, 3.8) is 0 Å². The van der Waals surface area contributed by atoms with E-state index in [1.165, 1.54) is 40.3 Å². The number of amides is 2. The highest BCUT2D eigenvalue weighted by molar-refractivity contribution is 6.42. The van der Waals surface area contributed by atoms with E-state index in [4.69, 9.17) is 27.6 Å². The molecule has 4 rings (SSSR count). The van der Waals surface area contributed by atoms with E-state index in [1.54, 1.807) is 42.5 Å². The van der Waals surface area contributed by atoms with Crippen LogP contribution in [0.3, 0.4) is 0 Å². The molecule has 4 aromatic rings. The lowest BCUT2D eigenvalue weighted by atomic mass is 10.1. The van der Waals surface area contributed by atoms with Crippen LogP contribution in [0.5, 0.6) is 0 Å². The molecule has 0 radical (unpaired) electrons. The van der Waals surface area contributed by atoms with Crippen molar-refractivity contribution in [3.05, 3.63) is 116 Å². The SMILES string of the molecule is CCCCN(CC(=O)N(Cc1ccc(F)cc1)Cc1coc2ccccc2c1=O)C(=O)c1ccc(Cl)c(Cl)c1. The van der Waals surface area contributed by atoms with Gasteiger partial charge in [-0.15, -0.1) is 0 Å². The van der Waals surface area contributed by atoms with Crippen LogP contribution in [-0.2, 0) is 17.9 Å². The third-order valence-electron chi connectivity index (χ3n) is 6.31. The Kier molecular flexibility index (Phi) is 9.38. The fourth-order valence-electron chi connectivity index (χ4n) is 4.15. The third kappa shape index (κ3) is 7.05. The van der Waals surface area contributed by atoms with Gasteiger partial charge in [0, 0.05) is 18.7 Å². The summed E-state index contributed by atoms with van der Waals surface area (Å²) in [6.07, 6.45) is 2.86.